The van der Waals surface area contributed by atoms with Crippen LogP contribution in [0.15, 0.2) is 24.3 Å². The zero-order chi connectivity index (χ0) is 24.7. The lowest BCUT2D eigenvalue weighted by atomic mass is 10.0. The molecule has 2 saturated heterocycles. The van der Waals surface area contributed by atoms with Crippen LogP contribution >= 0.6 is 11.8 Å². The molecule has 2 fully saturated rings. The number of likely N-dealkylation sites (N-methyl/N-ethyl adjacent to an activating group) is 1. The zero-order valence-corrected chi connectivity index (χ0v) is 20.2. The Kier molecular flexibility index (Phi) is 9.15. The van der Waals surface area contributed by atoms with Crippen molar-refractivity contribution < 1.29 is 23.5 Å². The molecule has 9 nitrogen and oxygen atoms in total. The number of amides is 4. The lowest BCUT2D eigenvalue weighted by Gasteiger charge is -2.54. The molecule has 0 aromatic heterocycles. The van der Waals surface area contributed by atoms with Gasteiger partial charge in [0.1, 0.15) is 24.6 Å². The number of terminal acetylenes is 1. The summed E-state index contributed by atoms with van der Waals surface area (Å²) in [6.45, 7) is 1.06. The summed E-state index contributed by atoms with van der Waals surface area (Å²) in [6.07, 6.45) is 6.99. The molecule has 2 heterocycles. The number of piperazine rings is 1. The fraction of sp³-hybridized carbons (Fsp3) is 0.522. The van der Waals surface area contributed by atoms with Gasteiger partial charge in [-0.1, -0.05) is 18.1 Å². The van der Waals surface area contributed by atoms with Crippen molar-refractivity contribution in [2.45, 2.75) is 25.2 Å². The van der Waals surface area contributed by atoms with Gasteiger partial charge in [0.25, 0.3) is 0 Å². The summed E-state index contributed by atoms with van der Waals surface area (Å²) in [4.78, 5) is 42.7. The maximum atomic E-state index is 13.3. The van der Waals surface area contributed by atoms with Gasteiger partial charge in [-0.3, -0.25) is 9.59 Å². The first-order valence-corrected chi connectivity index (χ1v) is 12.4. The molecule has 0 unspecified atom stereocenters. The Bertz CT molecular complexity index is 925. The highest BCUT2D eigenvalue weighted by Gasteiger charge is 2.50. The number of thioether (sulfide) groups is 1. The molecular formula is C23H30FN5O4S. The van der Waals surface area contributed by atoms with Crippen LogP contribution in [0.1, 0.15) is 12.0 Å². The summed E-state index contributed by atoms with van der Waals surface area (Å²) in [5, 5.41) is 5.89. The SMILES string of the molecule is C#CCOCCN1C[C@H]2N(C(=O)CN(C)N2C(=O)NCc2ccc(F)cc2)[C@@H](CCSC)C1=O. The van der Waals surface area contributed by atoms with Crippen LogP contribution in [0.5, 0.6) is 0 Å². The standard InChI is InChI=1S/C23H30FN5O4S/c1-4-11-33-12-10-27-15-20-28(19(22(27)31)9-13-34-3)21(30)16-26(2)29(20)23(32)25-14-17-5-7-18(24)8-6-17/h1,5-8,19-20H,9-16H2,2-3H3,(H,25,32)/t19-,20-/m0/s1. The quantitative estimate of drug-likeness (QED) is 0.409. The summed E-state index contributed by atoms with van der Waals surface area (Å²) in [5.41, 5.74) is 0.742. The minimum atomic E-state index is -0.660. The number of ether oxygens (including phenoxy) is 1. The number of rotatable bonds is 9. The molecule has 0 spiro atoms. The molecule has 2 atom stereocenters. The van der Waals surface area contributed by atoms with Gasteiger partial charge in [0.2, 0.25) is 11.8 Å². The molecule has 0 saturated carbocycles. The molecule has 2 aliphatic heterocycles. The van der Waals surface area contributed by atoms with Crippen molar-refractivity contribution in [1.82, 2.24) is 25.1 Å². The normalized spacial score (nSPS) is 20.8. The van der Waals surface area contributed by atoms with Crippen LogP contribution in [-0.4, -0.2) is 102 Å². The van der Waals surface area contributed by atoms with Gasteiger partial charge in [-0.2, -0.15) is 11.8 Å². The summed E-state index contributed by atoms with van der Waals surface area (Å²) >= 11 is 1.59. The van der Waals surface area contributed by atoms with Crippen LogP contribution < -0.4 is 5.32 Å². The number of carbonyl (C=O) groups is 3. The summed E-state index contributed by atoms with van der Waals surface area (Å²) < 4.78 is 18.5. The number of halogens is 1. The number of hydrogen-bond donors (Lipinski definition) is 1. The Labute approximate surface area is 203 Å². The number of fused-ring (bicyclic) bond motifs is 1. The maximum absolute atomic E-state index is 13.3. The van der Waals surface area contributed by atoms with Gasteiger partial charge in [0.05, 0.1) is 19.7 Å². The minimum Gasteiger partial charge on any atom is -0.367 e. The second-order valence-corrected chi connectivity index (χ2v) is 9.05. The number of hydrazine groups is 1. The maximum Gasteiger partial charge on any atom is 0.334 e. The van der Waals surface area contributed by atoms with Gasteiger partial charge >= 0.3 is 6.03 Å². The van der Waals surface area contributed by atoms with Crippen LogP contribution in [-0.2, 0) is 20.9 Å². The van der Waals surface area contributed by atoms with Crippen LogP contribution in [0, 0.1) is 18.2 Å². The Hall–Kier alpha value is -2.81. The van der Waals surface area contributed by atoms with E-state index in [9.17, 15) is 18.8 Å². The first-order valence-electron chi connectivity index (χ1n) is 11.0. The topological polar surface area (TPSA) is 85.4 Å². The Morgan fingerprint density at radius 2 is 2.06 bits per heavy atom. The largest absolute Gasteiger partial charge is 0.367 e. The molecule has 0 radical (unpaired) electrons. The highest BCUT2D eigenvalue weighted by molar-refractivity contribution is 7.98. The smallest absolute Gasteiger partial charge is 0.334 e. The predicted molar refractivity (Wildman–Crippen MR) is 127 cm³/mol. The van der Waals surface area contributed by atoms with E-state index in [0.29, 0.717) is 18.7 Å². The lowest BCUT2D eigenvalue weighted by Crippen LogP contribution is -2.76. The third-order valence-electron chi connectivity index (χ3n) is 5.79. The van der Waals surface area contributed by atoms with Crippen molar-refractivity contribution in [3.05, 3.63) is 35.6 Å². The van der Waals surface area contributed by atoms with Gasteiger partial charge in [0, 0.05) is 20.1 Å². The third-order valence-corrected chi connectivity index (χ3v) is 6.43. The van der Waals surface area contributed by atoms with Crippen LogP contribution in [0.4, 0.5) is 9.18 Å². The van der Waals surface area contributed by atoms with E-state index in [4.69, 9.17) is 11.2 Å². The van der Waals surface area contributed by atoms with Gasteiger partial charge in [0.15, 0.2) is 0 Å². The summed E-state index contributed by atoms with van der Waals surface area (Å²) in [5.74, 6) is 2.39. The van der Waals surface area contributed by atoms with E-state index in [1.807, 2.05) is 6.26 Å². The van der Waals surface area contributed by atoms with E-state index in [-0.39, 0.29) is 50.5 Å². The van der Waals surface area contributed by atoms with Crippen molar-refractivity contribution in [2.75, 3.05) is 51.9 Å². The van der Waals surface area contributed by atoms with Gasteiger partial charge in [-0.05, 0) is 36.1 Å². The van der Waals surface area contributed by atoms with Crippen molar-refractivity contribution in [3.63, 3.8) is 0 Å². The average molecular weight is 492 g/mol. The van der Waals surface area contributed by atoms with Gasteiger partial charge in [-0.25, -0.2) is 19.2 Å². The molecule has 2 aliphatic rings. The fourth-order valence-corrected chi connectivity index (χ4v) is 4.64. The number of carbonyl (C=O) groups excluding carboxylic acids is 3. The van der Waals surface area contributed by atoms with Crippen LogP contribution in [0.25, 0.3) is 0 Å². The number of urea groups is 1. The molecule has 184 valence electrons. The number of nitrogens with zero attached hydrogens (tertiary/aromatic N) is 4. The number of benzene rings is 1. The Balaban J connectivity index is 1.80. The van der Waals surface area contributed by atoms with Crippen molar-refractivity contribution in [1.29, 1.82) is 0 Å². The predicted octanol–water partition coefficient (Wildman–Crippen LogP) is 0.966. The summed E-state index contributed by atoms with van der Waals surface area (Å²) in [7, 11) is 1.67. The molecule has 1 aromatic rings. The molecular weight excluding hydrogens is 461 g/mol. The van der Waals surface area contributed by atoms with Crippen molar-refractivity contribution >= 4 is 29.6 Å². The third kappa shape index (κ3) is 6.00. The number of hydrogen-bond acceptors (Lipinski definition) is 6. The highest BCUT2D eigenvalue weighted by atomic mass is 32.2. The molecule has 34 heavy (non-hydrogen) atoms. The summed E-state index contributed by atoms with van der Waals surface area (Å²) in [6, 6.07) is 4.79. The highest BCUT2D eigenvalue weighted by Crippen LogP contribution is 2.27. The van der Waals surface area contributed by atoms with E-state index >= 15 is 0 Å². The first-order chi connectivity index (χ1) is 16.4. The molecule has 4 amide bonds. The van der Waals surface area contributed by atoms with E-state index < -0.39 is 18.2 Å². The van der Waals surface area contributed by atoms with E-state index in [1.165, 1.54) is 17.1 Å². The van der Waals surface area contributed by atoms with E-state index in [2.05, 4.69) is 11.2 Å². The molecule has 0 aliphatic carbocycles. The van der Waals surface area contributed by atoms with E-state index in [0.717, 1.165) is 5.56 Å². The molecule has 11 heteroatoms. The van der Waals surface area contributed by atoms with Crippen LogP contribution in [0.2, 0.25) is 0 Å². The monoisotopic (exact) mass is 491 g/mol. The van der Waals surface area contributed by atoms with Crippen LogP contribution in [0.3, 0.4) is 0 Å². The average Bonchev–Trinajstić information content (AvgIpc) is 2.81. The molecule has 1 aromatic carbocycles. The Morgan fingerprint density at radius 1 is 1.32 bits per heavy atom. The van der Waals surface area contributed by atoms with Gasteiger partial charge < -0.3 is 19.9 Å². The minimum absolute atomic E-state index is 0.0191. The Morgan fingerprint density at radius 3 is 2.74 bits per heavy atom. The molecule has 3 rings (SSSR count). The first kappa shape index (κ1) is 25.8. The van der Waals surface area contributed by atoms with Gasteiger partial charge in [-0.15, -0.1) is 6.42 Å². The molecule has 0 bridgehead atoms. The second-order valence-electron chi connectivity index (χ2n) is 8.07. The fourth-order valence-electron chi connectivity index (χ4n) is 4.18. The number of nitrogens with one attached hydrogen (secondary N) is 1. The lowest BCUT2D eigenvalue weighted by molar-refractivity contribution is -0.187. The zero-order valence-electron chi connectivity index (χ0n) is 19.4. The second kappa shape index (κ2) is 12.1. The van der Waals surface area contributed by atoms with Crippen molar-refractivity contribution in [2.24, 2.45) is 0 Å². The molecule has 1 N–H and O–H groups in total. The van der Waals surface area contributed by atoms with E-state index in [1.54, 1.807) is 45.8 Å². The van der Waals surface area contributed by atoms with Crippen molar-refractivity contribution in [3.8, 4) is 12.3 Å².